The summed E-state index contributed by atoms with van der Waals surface area (Å²) in [5, 5.41) is 0.958. The van der Waals surface area contributed by atoms with Crippen molar-refractivity contribution in [2.75, 3.05) is 12.4 Å². The SMILES string of the molecule is C=C(CCSc1ccccn1)C(=O)OCC. The molecule has 4 heteroatoms. The number of ether oxygens (including phenoxy) is 1. The number of hydrogen-bond donors (Lipinski definition) is 0. The average Bonchev–Trinajstić information content (AvgIpc) is 2.30. The molecule has 0 fully saturated rings. The second-order valence-electron chi connectivity index (χ2n) is 3.09. The summed E-state index contributed by atoms with van der Waals surface area (Å²) in [4.78, 5) is 15.4. The number of hydrogen-bond acceptors (Lipinski definition) is 4. The highest BCUT2D eigenvalue weighted by Gasteiger charge is 2.07. The van der Waals surface area contributed by atoms with Crippen LogP contribution in [0, 0.1) is 0 Å². The van der Waals surface area contributed by atoms with Crippen LogP contribution in [-0.2, 0) is 9.53 Å². The molecule has 0 amide bonds. The third-order valence-corrected chi connectivity index (χ3v) is 2.80. The van der Waals surface area contributed by atoms with Gasteiger partial charge < -0.3 is 4.74 Å². The van der Waals surface area contributed by atoms with Crippen LogP contribution in [0.5, 0.6) is 0 Å². The van der Waals surface area contributed by atoms with Gasteiger partial charge in [0, 0.05) is 17.5 Å². The van der Waals surface area contributed by atoms with Crippen LogP contribution in [0.3, 0.4) is 0 Å². The Bertz CT molecular complexity index is 351. The maximum absolute atomic E-state index is 11.2. The van der Waals surface area contributed by atoms with Crippen LogP contribution < -0.4 is 0 Å². The van der Waals surface area contributed by atoms with Gasteiger partial charge in [-0.25, -0.2) is 9.78 Å². The molecule has 0 aliphatic heterocycles. The lowest BCUT2D eigenvalue weighted by Crippen LogP contribution is -2.07. The lowest BCUT2D eigenvalue weighted by Gasteiger charge is -2.04. The fourth-order valence-corrected chi connectivity index (χ4v) is 1.91. The summed E-state index contributed by atoms with van der Waals surface area (Å²) < 4.78 is 4.84. The standard InChI is InChI=1S/C12H15NO2S/c1-3-15-12(14)10(2)7-9-16-11-6-4-5-8-13-11/h4-6,8H,2-3,7,9H2,1H3. The van der Waals surface area contributed by atoms with Crippen molar-refractivity contribution in [3.05, 3.63) is 36.5 Å². The third-order valence-electron chi connectivity index (χ3n) is 1.86. The van der Waals surface area contributed by atoms with E-state index >= 15 is 0 Å². The van der Waals surface area contributed by atoms with Crippen LogP contribution >= 0.6 is 11.8 Å². The van der Waals surface area contributed by atoms with E-state index in [2.05, 4.69) is 11.6 Å². The molecule has 0 aromatic carbocycles. The zero-order chi connectivity index (χ0) is 11.8. The highest BCUT2D eigenvalue weighted by molar-refractivity contribution is 7.99. The van der Waals surface area contributed by atoms with Crippen molar-refractivity contribution >= 4 is 17.7 Å². The van der Waals surface area contributed by atoms with Crippen LogP contribution in [0.15, 0.2) is 41.6 Å². The summed E-state index contributed by atoms with van der Waals surface area (Å²) in [6.45, 7) is 5.88. The van der Waals surface area contributed by atoms with Crippen molar-refractivity contribution in [2.24, 2.45) is 0 Å². The largest absolute Gasteiger partial charge is 0.463 e. The Morgan fingerprint density at radius 1 is 1.56 bits per heavy atom. The second-order valence-corrected chi connectivity index (χ2v) is 4.21. The topological polar surface area (TPSA) is 39.2 Å². The van der Waals surface area contributed by atoms with E-state index in [1.165, 1.54) is 0 Å². The molecule has 3 nitrogen and oxygen atoms in total. The van der Waals surface area contributed by atoms with Gasteiger partial charge in [-0.2, -0.15) is 0 Å². The first kappa shape index (κ1) is 12.8. The molecule has 1 heterocycles. The first-order valence-electron chi connectivity index (χ1n) is 5.12. The molecule has 0 bridgehead atoms. The first-order valence-corrected chi connectivity index (χ1v) is 6.11. The summed E-state index contributed by atoms with van der Waals surface area (Å²) >= 11 is 1.60. The number of esters is 1. The predicted molar refractivity (Wildman–Crippen MR) is 65.4 cm³/mol. The number of carbonyl (C=O) groups is 1. The minimum Gasteiger partial charge on any atom is -0.463 e. The zero-order valence-electron chi connectivity index (χ0n) is 9.31. The third kappa shape index (κ3) is 4.49. The summed E-state index contributed by atoms with van der Waals surface area (Å²) in [5.74, 6) is 0.485. The Morgan fingerprint density at radius 2 is 2.38 bits per heavy atom. The maximum Gasteiger partial charge on any atom is 0.333 e. The quantitative estimate of drug-likeness (QED) is 0.433. The molecule has 1 rings (SSSR count). The van der Waals surface area contributed by atoms with Crippen molar-refractivity contribution in [1.82, 2.24) is 4.98 Å². The van der Waals surface area contributed by atoms with Gasteiger partial charge in [0.05, 0.1) is 11.6 Å². The fourth-order valence-electron chi connectivity index (χ4n) is 1.05. The highest BCUT2D eigenvalue weighted by atomic mass is 32.2. The number of nitrogens with zero attached hydrogens (tertiary/aromatic N) is 1. The second kappa shape index (κ2) is 7.06. The summed E-state index contributed by atoms with van der Waals surface area (Å²) in [7, 11) is 0. The van der Waals surface area contributed by atoms with Gasteiger partial charge in [-0.1, -0.05) is 12.6 Å². The molecule has 1 aromatic heterocycles. The van der Waals surface area contributed by atoms with Gasteiger partial charge in [0.15, 0.2) is 0 Å². The number of thioether (sulfide) groups is 1. The molecule has 0 saturated heterocycles. The van der Waals surface area contributed by atoms with Crippen molar-refractivity contribution in [1.29, 1.82) is 0 Å². The molecular weight excluding hydrogens is 222 g/mol. The molecule has 16 heavy (non-hydrogen) atoms. The van der Waals surface area contributed by atoms with Gasteiger partial charge in [0.2, 0.25) is 0 Å². The van der Waals surface area contributed by atoms with Gasteiger partial charge in [-0.05, 0) is 25.5 Å². The Hall–Kier alpha value is -1.29. The van der Waals surface area contributed by atoms with Crippen molar-refractivity contribution in [3.8, 4) is 0 Å². The zero-order valence-corrected chi connectivity index (χ0v) is 10.1. The van der Waals surface area contributed by atoms with E-state index in [0.29, 0.717) is 18.6 Å². The van der Waals surface area contributed by atoms with Crippen molar-refractivity contribution < 1.29 is 9.53 Å². The van der Waals surface area contributed by atoms with E-state index in [-0.39, 0.29) is 5.97 Å². The number of rotatable bonds is 6. The lowest BCUT2D eigenvalue weighted by molar-refractivity contribution is -0.138. The molecule has 0 saturated carbocycles. The number of aromatic nitrogens is 1. The van der Waals surface area contributed by atoms with Crippen LogP contribution in [0.2, 0.25) is 0 Å². The molecule has 0 aliphatic rings. The van der Waals surface area contributed by atoms with E-state index in [0.717, 1.165) is 10.8 Å². The van der Waals surface area contributed by atoms with Gasteiger partial charge in [-0.3, -0.25) is 0 Å². The fraction of sp³-hybridized carbons (Fsp3) is 0.333. The molecule has 0 unspecified atom stereocenters. The van der Waals surface area contributed by atoms with Crippen LogP contribution in [-0.4, -0.2) is 23.3 Å². The normalized spacial score (nSPS) is 9.81. The van der Waals surface area contributed by atoms with E-state index < -0.39 is 0 Å². The van der Waals surface area contributed by atoms with Crippen LogP contribution in [0.25, 0.3) is 0 Å². The highest BCUT2D eigenvalue weighted by Crippen LogP contribution is 2.17. The van der Waals surface area contributed by atoms with Gasteiger partial charge in [0.25, 0.3) is 0 Å². The van der Waals surface area contributed by atoms with E-state index in [4.69, 9.17) is 4.74 Å². The van der Waals surface area contributed by atoms with Crippen LogP contribution in [0.4, 0.5) is 0 Å². The summed E-state index contributed by atoms with van der Waals surface area (Å²) in [6, 6.07) is 5.76. The Labute approximate surface area is 99.9 Å². The molecule has 0 aliphatic carbocycles. The van der Waals surface area contributed by atoms with E-state index in [1.807, 2.05) is 18.2 Å². The van der Waals surface area contributed by atoms with E-state index in [1.54, 1.807) is 24.9 Å². The molecule has 0 spiro atoms. The lowest BCUT2D eigenvalue weighted by atomic mass is 10.2. The predicted octanol–water partition coefficient (Wildman–Crippen LogP) is 2.68. The molecule has 0 radical (unpaired) electrons. The van der Waals surface area contributed by atoms with Crippen molar-refractivity contribution in [3.63, 3.8) is 0 Å². The Balaban J connectivity index is 2.26. The first-order chi connectivity index (χ1) is 7.74. The molecule has 0 N–H and O–H groups in total. The van der Waals surface area contributed by atoms with Gasteiger partial charge in [-0.15, -0.1) is 11.8 Å². The maximum atomic E-state index is 11.2. The molecule has 0 atom stereocenters. The monoisotopic (exact) mass is 237 g/mol. The van der Waals surface area contributed by atoms with Gasteiger partial charge in [0.1, 0.15) is 0 Å². The summed E-state index contributed by atoms with van der Waals surface area (Å²) in [5.41, 5.74) is 0.519. The van der Waals surface area contributed by atoms with Gasteiger partial charge >= 0.3 is 5.97 Å². The smallest absolute Gasteiger partial charge is 0.333 e. The summed E-state index contributed by atoms with van der Waals surface area (Å²) in [6.07, 6.45) is 2.38. The Morgan fingerprint density at radius 3 is 3.00 bits per heavy atom. The molecular formula is C12H15NO2S. The average molecular weight is 237 g/mol. The van der Waals surface area contributed by atoms with E-state index in [9.17, 15) is 4.79 Å². The Kier molecular flexibility index (Phi) is 5.64. The van der Waals surface area contributed by atoms with Crippen LogP contribution in [0.1, 0.15) is 13.3 Å². The minimum atomic E-state index is -0.302. The number of carbonyl (C=O) groups excluding carboxylic acids is 1. The minimum absolute atomic E-state index is 0.302. The number of pyridine rings is 1. The molecule has 86 valence electrons. The molecule has 1 aromatic rings. The van der Waals surface area contributed by atoms with Crippen molar-refractivity contribution in [2.45, 2.75) is 18.4 Å².